The molecule has 17 heavy (non-hydrogen) atoms. The number of anilines is 1. The Balaban J connectivity index is 2.75. The third-order valence-corrected chi connectivity index (χ3v) is 2.08. The lowest BCUT2D eigenvalue weighted by Gasteiger charge is -2.06. The summed E-state index contributed by atoms with van der Waals surface area (Å²) < 4.78 is 13.1. The van der Waals surface area contributed by atoms with Gasteiger partial charge in [-0.2, -0.15) is 0 Å². The summed E-state index contributed by atoms with van der Waals surface area (Å²) in [4.78, 5) is 22.0. The highest BCUT2D eigenvalue weighted by Gasteiger charge is 2.11. The molecule has 5 nitrogen and oxygen atoms in total. The quantitative estimate of drug-likeness (QED) is 0.719. The van der Waals surface area contributed by atoms with Gasteiger partial charge in [0.05, 0.1) is 5.56 Å². The molecular formula is C11H13FN2O3. The summed E-state index contributed by atoms with van der Waals surface area (Å²) in [6, 6.07) is 3.42. The normalized spacial score (nSPS) is 10.0. The second-order valence-electron chi connectivity index (χ2n) is 3.40. The van der Waals surface area contributed by atoms with E-state index in [0.717, 1.165) is 12.1 Å². The van der Waals surface area contributed by atoms with Crippen LogP contribution in [0, 0.1) is 5.82 Å². The predicted molar refractivity (Wildman–Crippen MR) is 60.5 cm³/mol. The molecule has 0 saturated carbocycles. The average molecular weight is 240 g/mol. The van der Waals surface area contributed by atoms with Crippen molar-refractivity contribution in [2.45, 2.75) is 6.42 Å². The molecule has 1 rings (SSSR count). The van der Waals surface area contributed by atoms with Crippen LogP contribution in [0.4, 0.5) is 10.1 Å². The van der Waals surface area contributed by atoms with Gasteiger partial charge in [0, 0.05) is 18.7 Å². The van der Waals surface area contributed by atoms with Gasteiger partial charge in [0.2, 0.25) is 5.91 Å². The van der Waals surface area contributed by atoms with Crippen molar-refractivity contribution in [2.75, 3.05) is 18.9 Å². The predicted octanol–water partition coefficient (Wildman–Crippen LogP) is 1.07. The maximum Gasteiger partial charge on any atom is 0.338 e. The monoisotopic (exact) mass is 240 g/mol. The molecule has 0 heterocycles. The number of hydrogen-bond acceptors (Lipinski definition) is 3. The zero-order valence-corrected chi connectivity index (χ0v) is 9.29. The fourth-order valence-corrected chi connectivity index (χ4v) is 1.23. The van der Waals surface area contributed by atoms with Crippen molar-refractivity contribution in [2.24, 2.45) is 0 Å². The third kappa shape index (κ3) is 3.84. The van der Waals surface area contributed by atoms with E-state index in [-0.39, 0.29) is 18.0 Å². The Bertz CT molecular complexity index is 435. The van der Waals surface area contributed by atoms with Crippen LogP contribution in [-0.2, 0) is 4.79 Å². The minimum atomic E-state index is -1.37. The minimum Gasteiger partial charge on any atom is -0.478 e. The van der Waals surface area contributed by atoms with Crippen LogP contribution < -0.4 is 10.6 Å². The van der Waals surface area contributed by atoms with Crippen LogP contribution in [0.2, 0.25) is 0 Å². The standard InChI is InChI=1S/C11H13FN2O3/c1-13-5-4-10(15)14-7-2-3-9(12)8(6-7)11(16)17/h2-3,6,13H,4-5H2,1H3,(H,14,15)(H,16,17). The molecule has 0 unspecified atom stereocenters. The Morgan fingerprint density at radius 1 is 1.41 bits per heavy atom. The van der Waals surface area contributed by atoms with Gasteiger partial charge in [-0.05, 0) is 25.2 Å². The maximum absolute atomic E-state index is 13.1. The molecule has 0 aliphatic carbocycles. The van der Waals surface area contributed by atoms with Crippen molar-refractivity contribution in [3.05, 3.63) is 29.6 Å². The van der Waals surface area contributed by atoms with E-state index >= 15 is 0 Å². The number of rotatable bonds is 5. The van der Waals surface area contributed by atoms with E-state index in [0.29, 0.717) is 6.54 Å². The molecule has 1 aromatic rings. The summed E-state index contributed by atoms with van der Waals surface area (Å²) in [5.41, 5.74) is -0.193. The smallest absolute Gasteiger partial charge is 0.338 e. The number of halogens is 1. The van der Waals surface area contributed by atoms with Crippen LogP contribution in [0.5, 0.6) is 0 Å². The van der Waals surface area contributed by atoms with Crippen LogP contribution in [0.1, 0.15) is 16.8 Å². The van der Waals surface area contributed by atoms with Gasteiger partial charge >= 0.3 is 5.97 Å². The van der Waals surface area contributed by atoms with E-state index in [4.69, 9.17) is 5.11 Å². The summed E-state index contributed by atoms with van der Waals surface area (Å²) in [7, 11) is 1.72. The Morgan fingerprint density at radius 3 is 2.71 bits per heavy atom. The first kappa shape index (κ1) is 13.1. The first-order valence-corrected chi connectivity index (χ1v) is 5.02. The summed E-state index contributed by atoms with van der Waals surface area (Å²) in [6.07, 6.45) is 0.260. The average Bonchev–Trinajstić information content (AvgIpc) is 2.28. The van der Waals surface area contributed by atoms with Crippen molar-refractivity contribution >= 4 is 17.6 Å². The number of hydrogen-bond donors (Lipinski definition) is 3. The Labute approximate surface area is 97.6 Å². The molecule has 6 heteroatoms. The second-order valence-corrected chi connectivity index (χ2v) is 3.40. The van der Waals surface area contributed by atoms with Crippen molar-refractivity contribution in [1.82, 2.24) is 5.32 Å². The summed E-state index contributed by atoms with van der Waals surface area (Å²) in [5.74, 6) is -2.46. The van der Waals surface area contributed by atoms with E-state index in [1.807, 2.05) is 0 Å². The molecule has 1 amide bonds. The number of carboxylic acid groups (broad SMARTS) is 1. The molecule has 0 atom stereocenters. The molecule has 0 spiro atoms. The highest BCUT2D eigenvalue weighted by Crippen LogP contribution is 2.14. The van der Waals surface area contributed by atoms with Gasteiger partial charge in [-0.15, -0.1) is 0 Å². The van der Waals surface area contributed by atoms with Gasteiger partial charge < -0.3 is 15.7 Å². The van der Waals surface area contributed by atoms with Crippen molar-refractivity contribution in [3.8, 4) is 0 Å². The zero-order chi connectivity index (χ0) is 12.8. The molecule has 0 fully saturated rings. The van der Waals surface area contributed by atoms with E-state index in [2.05, 4.69) is 10.6 Å². The van der Waals surface area contributed by atoms with Crippen LogP contribution in [0.3, 0.4) is 0 Å². The summed E-state index contributed by atoms with van der Waals surface area (Å²) >= 11 is 0. The van der Waals surface area contributed by atoms with E-state index in [1.54, 1.807) is 7.05 Å². The van der Waals surface area contributed by atoms with Crippen molar-refractivity contribution < 1.29 is 19.1 Å². The summed E-state index contributed by atoms with van der Waals surface area (Å²) in [6.45, 7) is 0.513. The number of carbonyl (C=O) groups excluding carboxylic acids is 1. The number of nitrogens with one attached hydrogen (secondary N) is 2. The Morgan fingerprint density at radius 2 is 2.12 bits per heavy atom. The molecule has 0 aliphatic rings. The molecule has 0 radical (unpaired) electrons. The number of carboxylic acids is 1. The SMILES string of the molecule is CNCCC(=O)Nc1ccc(F)c(C(=O)O)c1. The van der Waals surface area contributed by atoms with Crippen molar-refractivity contribution in [1.29, 1.82) is 0 Å². The molecule has 0 aromatic heterocycles. The fraction of sp³-hybridized carbons (Fsp3) is 0.273. The first-order valence-electron chi connectivity index (χ1n) is 5.02. The highest BCUT2D eigenvalue weighted by molar-refractivity contribution is 5.94. The second kappa shape index (κ2) is 5.95. The minimum absolute atomic E-state index is 0.260. The third-order valence-electron chi connectivity index (χ3n) is 2.08. The number of amides is 1. The lowest BCUT2D eigenvalue weighted by Crippen LogP contribution is -2.19. The van der Waals surface area contributed by atoms with Crippen LogP contribution >= 0.6 is 0 Å². The van der Waals surface area contributed by atoms with Gasteiger partial charge in [0.15, 0.2) is 0 Å². The zero-order valence-electron chi connectivity index (χ0n) is 9.29. The number of benzene rings is 1. The van der Waals surface area contributed by atoms with Gasteiger partial charge in [-0.3, -0.25) is 4.79 Å². The molecular weight excluding hydrogens is 227 g/mol. The molecule has 92 valence electrons. The van der Waals surface area contributed by atoms with Gasteiger partial charge in [-0.1, -0.05) is 0 Å². The maximum atomic E-state index is 13.1. The van der Waals surface area contributed by atoms with Crippen LogP contribution in [-0.4, -0.2) is 30.6 Å². The molecule has 1 aromatic carbocycles. The highest BCUT2D eigenvalue weighted by atomic mass is 19.1. The number of aromatic carboxylic acids is 1. The molecule has 0 bridgehead atoms. The van der Waals surface area contributed by atoms with Crippen LogP contribution in [0.25, 0.3) is 0 Å². The van der Waals surface area contributed by atoms with Gasteiger partial charge in [0.1, 0.15) is 5.82 Å². The van der Waals surface area contributed by atoms with E-state index in [9.17, 15) is 14.0 Å². The van der Waals surface area contributed by atoms with Gasteiger partial charge in [-0.25, -0.2) is 9.18 Å². The van der Waals surface area contributed by atoms with Crippen LogP contribution in [0.15, 0.2) is 18.2 Å². The molecule has 3 N–H and O–H groups in total. The molecule has 0 saturated heterocycles. The summed E-state index contributed by atoms with van der Waals surface area (Å²) in [5, 5.41) is 14.0. The van der Waals surface area contributed by atoms with Gasteiger partial charge in [0.25, 0.3) is 0 Å². The first-order chi connectivity index (χ1) is 8.04. The topological polar surface area (TPSA) is 78.4 Å². The Hall–Kier alpha value is -1.95. The lowest BCUT2D eigenvalue weighted by atomic mass is 10.2. The van der Waals surface area contributed by atoms with E-state index < -0.39 is 17.3 Å². The largest absolute Gasteiger partial charge is 0.478 e. The lowest BCUT2D eigenvalue weighted by molar-refractivity contribution is -0.116. The van der Waals surface area contributed by atoms with Crippen molar-refractivity contribution in [3.63, 3.8) is 0 Å². The molecule has 0 aliphatic heterocycles. The Kier molecular flexibility index (Phi) is 4.59. The fourth-order valence-electron chi connectivity index (χ4n) is 1.23. The van der Waals surface area contributed by atoms with E-state index in [1.165, 1.54) is 6.07 Å². The number of carbonyl (C=O) groups is 2.